The molecule has 2 bridgehead atoms. The zero-order chi connectivity index (χ0) is 82.5. The van der Waals surface area contributed by atoms with Gasteiger partial charge in [-0.25, -0.2) is 51.0 Å². The van der Waals surface area contributed by atoms with Crippen LogP contribution in [-0.2, 0) is 77.5 Å². The van der Waals surface area contributed by atoms with Crippen LogP contribution in [0.4, 0.5) is 59.4 Å². The Bertz CT molecular complexity index is 4480. The second-order valence-electron chi connectivity index (χ2n) is 29.5. The molecule has 2 aromatic heterocycles. The maximum absolute atomic E-state index is 16.9. The number of phosphoric acid groups is 1. The molecule has 112 heavy (non-hydrogen) atoms. The van der Waals surface area contributed by atoms with Gasteiger partial charge in [0, 0.05) is 104 Å². The summed E-state index contributed by atoms with van der Waals surface area (Å²) in [5.74, 6) is -2.94. The Morgan fingerprint density at radius 2 is 1.31 bits per heavy atom. The van der Waals surface area contributed by atoms with Crippen molar-refractivity contribution in [3.8, 4) is 28.8 Å². The molecule has 612 valence electrons. The fourth-order valence-electron chi connectivity index (χ4n) is 13.8. The number of hydrogen-bond donors (Lipinski definition) is 6. The Hall–Kier alpha value is -9.23. The van der Waals surface area contributed by atoms with Crippen LogP contribution in [0.3, 0.4) is 0 Å². The standard InChI is InChI=1S/C71H86F10N13O16PS/c1-40-25-45(30-56(95)89-21-23-92(24-22-89)112(10,104)105)58(54(26-40)110-111(101,102)103)67(2,3)31-57(96)109-55(37-91(88-62(98)60(86-66(100)107-9)69(6,7)71(79,80)81)36-49-50(72)28-44(29-51(49)73)52-19-20-93(87-52)63(74)75)53(84-61(97)59(85-65(99)106-8)68(4,5)70(76,77)78)27-42-14-11-41(12-15-42)13-16-43-32-82-64(83-33-43)90-34-46-17-18-47(35-90)94(46)48-38-108-39-48/h11-12,14-15,19-20,25-26,28-29,32-33,46-48,53,55,59-60,63H,17-18,21-24,27,30-31,34-39H2,1-10H3,(H,84,97)(H,85,99)(H,86,100)(H,88,98)(H2,101,102,103)/t46?,47?,53-,55-,59+,60+/m0/s1. The Morgan fingerprint density at radius 3 is 1.81 bits per heavy atom. The van der Waals surface area contributed by atoms with Gasteiger partial charge in [-0.2, -0.15) is 44.5 Å². The van der Waals surface area contributed by atoms with E-state index < -0.39 is 180 Å². The summed E-state index contributed by atoms with van der Waals surface area (Å²) in [6.45, 7) is 2.45. The molecule has 0 spiro atoms. The van der Waals surface area contributed by atoms with E-state index in [0.29, 0.717) is 106 Å². The number of anilines is 1. The number of phosphoric ester groups is 1. The number of ether oxygens (including phenoxy) is 4. The average Bonchev–Trinajstić information content (AvgIpc) is 1.30. The van der Waals surface area contributed by atoms with Gasteiger partial charge in [-0.05, 0) is 107 Å². The number of alkyl halides is 8. The number of esters is 1. The number of alkyl carbamates (subject to hydrolysis) is 2. The number of aromatic nitrogens is 4. The minimum absolute atomic E-state index is 0.0240. The van der Waals surface area contributed by atoms with Gasteiger partial charge >= 0.3 is 44.9 Å². The SMILES string of the molecule is COC(=O)N[C@H](C(=O)N[C@@H](Cc1ccc(C#Cc2cnc(N3CC4CCC(C3)N4C3COC3)nc2)cc1)[C@H](CN(Cc1c(F)cc(-c2ccn(C(F)F)n2)cc1F)NC(=O)[C@@H](NC(=O)OC)C(C)(C)C(F)(F)F)OC(=O)CC(C)(C)c1c(CC(=O)N2CCN(S(C)(=O)=O)CC2)cc(C)cc1OP(=O)(O)O)C(C)(C)C(F)(F)F. The third kappa shape index (κ3) is 21.2. The number of sulfonamides is 1. The quantitative estimate of drug-likeness (QED) is 0.00711. The lowest BCUT2D eigenvalue weighted by molar-refractivity contribution is -0.221. The van der Waals surface area contributed by atoms with Crippen molar-refractivity contribution < 1.29 is 119 Å². The molecule has 4 aliphatic rings. The predicted molar refractivity (Wildman–Crippen MR) is 379 cm³/mol. The van der Waals surface area contributed by atoms with Crippen molar-refractivity contribution in [3.63, 3.8) is 0 Å². The van der Waals surface area contributed by atoms with E-state index in [4.69, 9.17) is 14.0 Å². The van der Waals surface area contributed by atoms with Gasteiger partial charge in [-0.15, -0.1) is 0 Å². The fraction of sp³-hybridized carbons (Fsp3) is 0.535. The minimum atomic E-state index is -5.58. The van der Waals surface area contributed by atoms with Crippen molar-refractivity contribution in [2.24, 2.45) is 10.8 Å². The van der Waals surface area contributed by atoms with Gasteiger partial charge in [0.25, 0.3) is 5.91 Å². The molecule has 9 rings (SSSR count). The Labute approximate surface area is 638 Å². The van der Waals surface area contributed by atoms with E-state index in [1.807, 2.05) is 5.32 Å². The highest BCUT2D eigenvalue weighted by Crippen LogP contribution is 2.47. The van der Waals surface area contributed by atoms with Crippen molar-refractivity contribution in [1.82, 2.24) is 60.2 Å². The van der Waals surface area contributed by atoms with Gasteiger partial charge in [0.1, 0.15) is 35.6 Å². The molecule has 6 atom stereocenters. The number of halogens is 10. The lowest BCUT2D eigenvalue weighted by atomic mass is 9.77. The molecule has 4 fully saturated rings. The van der Waals surface area contributed by atoms with Crippen LogP contribution >= 0.6 is 7.82 Å². The molecule has 0 aliphatic carbocycles. The third-order valence-electron chi connectivity index (χ3n) is 20.1. The van der Waals surface area contributed by atoms with Gasteiger partial charge in [0.05, 0.1) is 87.2 Å². The number of methoxy groups -OCH3 is 2. The van der Waals surface area contributed by atoms with Crippen LogP contribution in [0.1, 0.15) is 106 Å². The third-order valence-corrected chi connectivity index (χ3v) is 21.9. The summed E-state index contributed by atoms with van der Waals surface area (Å²) in [6.07, 6.45) is -11.8. The maximum Gasteiger partial charge on any atom is 0.524 e. The maximum atomic E-state index is 16.9. The number of benzene rings is 3. The van der Waals surface area contributed by atoms with Gasteiger partial charge in [-0.3, -0.25) is 39.3 Å². The number of amides is 5. The van der Waals surface area contributed by atoms with E-state index in [-0.39, 0.29) is 53.1 Å². The topological polar surface area (TPSA) is 348 Å². The van der Waals surface area contributed by atoms with Gasteiger partial charge in [-0.1, -0.05) is 43.9 Å². The summed E-state index contributed by atoms with van der Waals surface area (Å²) in [5, 5.41) is 10.1. The highest BCUT2D eigenvalue weighted by molar-refractivity contribution is 7.88. The van der Waals surface area contributed by atoms with Crippen LogP contribution in [0, 0.1) is 41.2 Å². The molecule has 3 aromatic carbocycles. The Morgan fingerprint density at radius 1 is 0.759 bits per heavy atom. The summed E-state index contributed by atoms with van der Waals surface area (Å²) in [5.41, 5.74) is -7.59. The number of aryl methyl sites for hydroxylation is 1. The number of nitrogens with one attached hydrogen (secondary N) is 4. The second-order valence-corrected chi connectivity index (χ2v) is 32.6. The van der Waals surface area contributed by atoms with Gasteiger partial charge in [0.2, 0.25) is 27.8 Å². The molecular formula is C71H86F10N13O16PS. The molecule has 0 saturated carbocycles. The van der Waals surface area contributed by atoms with Crippen LogP contribution in [0.2, 0.25) is 0 Å². The van der Waals surface area contributed by atoms with Crippen molar-refractivity contribution >= 4 is 59.7 Å². The molecule has 0 radical (unpaired) electrons. The number of carbonyl (C=O) groups excluding carboxylic acids is 6. The van der Waals surface area contributed by atoms with Crippen LogP contribution in [-0.4, -0.2) is 227 Å². The van der Waals surface area contributed by atoms with Crippen molar-refractivity contribution in [2.75, 3.05) is 84.4 Å². The Kier molecular flexibility index (Phi) is 26.8. The van der Waals surface area contributed by atoms with E-state index in [9.17, 15) is 50.7 Å². The largest absolute Gasteiger partial charge is 0.524 e. The van der Waals surface area contributed by atoms with Crippen LogP contribution in [0.25, 0.3) is 11.3 Å². The first-order valence-corrected chi connectivity index (χ1v) is 38.4. The normalized spacial score (nSPS) is 18.0. The fourth-order valence-corrected chi connectivity index (χ4v) is 15.0. The summed E-state index contributed by atoms with van der Waals surface area (Å²) in [4.78, 5) is 121. The Balaban J connectivity index is 1.16. The van der Waals surface area contributed by atoms with E-state index in [0.717, 1.165) is 56.0 Å². The molecule has 4 saturated heterocycles. The predicted octanol–water partition coefficient (Wildman–Crippen LogP) is 7.36. The van der Waals surface area contributed by atoms with E-state index in [1.165, 1.54) is 68.4 Å². The molecular weight excluding hydrogens is 1540 g/mol. The average molecular weight is 1630 g/mol. The minimum Gasteiger partial charge on any atom is -0.459 e. The van der Waals surface area contributed by atoms with Crippen molar-refractivity contribution in [1.29, 1.82) is 0 Å². The van der Waals surface area contributed by atoms with Crippen molar-refractivity contribution in [2.45, 2.75) is 154 Å². The highest BCUT2D eigenvalue weighted by Gasteiger charge is 2.58. The summed E-state index contributed by atoms with van der Waals surface area (Å²) >= 11 is 0. The number of piperazine rings is 2. The lowest BCUT2D eigenvalue weighted by Gasteiger charge is -2.47. The molecule has 5 aromatic rings. The monoisotopic (exact) mass is 1630 g/mol. The molecule has 29 nitrogen and oxygen atoms in total. The van der Waals surface area contributed by atoms with Crippen LogP contribution < -0.4 is 30.8 Å². The number of rotatable bonds is 28. The summed E-state index contributed by atoms with van der Waals surface area (Å²) < 4.78 is 218. The zero-order valence-electron chi connectivity index (χ0n) is 62.4. The molecule has 4 aliphatic heterocycles. The van der Waals surface area contributed by atoms with E-state index in [1.54, 1.807) is 5.32 Å². The van der Waals surface area contributed by atoms with E-state index >= 15 is 44.7 Å². The molecule has 41 heteroatoms. The van der Waals surface area contributed by atoms with Crippen molar-refractivity contribution in [3.05, 3.63) is 124 Å². The number of fused-ring (bicyclic) bond motifs is 2. The van der Waals surface area contributed by atoms with E-state index in [2.05, 4.69) is 56.9 Å². The molecule has 5 amide bonds. The van der Waals surface area contributed by atoms with Crippen LogP contribution in [0.15, 0.2) is 73.2 Å². The smallest absolute Gasteiger partial charge is 0.459 e. The number of hydrogen-bond acceptors (Lipinski definition) is 20. The zero-order valence-corrected chi connectivity index (χ0v) is 64.1. The number of hydrazine groups is 1. The second kappa shape index (κ2) is 34.6. The van der Waals surface area contributed by atoms with Gasteiger partial charge < -0.3 is 49.2 Å². The molecule has 2 unspecified atom stereocenters. The molecule has 6 N–H and O–H groups in total. The molecule has 6 heterocycles. The van der Waals surface area contributed by atoms with Gasteiger partial charge in [0.15, 0.2) is 0 Å². The van der Waals surface area contributed by atoms with Crippen LogP contribution in [0.5, 0.6) is 5.75 Å². The first-order chi connectivity index (χ1) is 52.2. The first-order valence-electron chi connectivity index (χ1n) is 35.0. The summed E-state index contributed by atoms with van der Waals surface area (Å²) in [7, 11) is -7.78. The number of carbonyl (C=O) groups is 6. The summed E-state index contributed by atoms with van der Waals surface area (Å²) in [6, 6.07) is 3.84. The highest BCUT2D eigenvalue weighted by atomic mass is 32.2. The lowest BCUT2D eigenvalue weighted by Crippen LogP contribution is -2.64. The first kappa shape index (κ1) is 86.7. The number of nitrogens with zero attached hydrogens (tertiary/aromatic N) is 9.